The summed E-state index contributed by atoms with van der Waals surface area (Å²) in [5, 5.41) is 10.1. The number of phenols is 1. The smallest absolute Gasteiger partial charge is 0.124 e. The number of phenolic OH excluding ortho intramolecular Hbond substituents is 1. The third-order valence-corrected chi connectivity index (χ3v) is 3.51. The quantitative estimate of drug-likeness (QED) is 0.894. The van der Waals surface area contributed by atoms with Crippen LogP contribution in [-0.2, 0) is 4.74 Å². The molecule has 4 heteroatoms. The maximum atomic E-state index is 10.1. The fourth-order valence-corrected chi connectivity index (χ4v) is 2.40. The normalized spacial score (nSPS) is 22.7. The molecule has 0 radical (unpaired) electrons. The van der Waals surface area contributed by atoms with Gasteiger partial charge in [-0.25, -0.2) is 0 Å². The topological polar surface area (TPSA) is 41.9 Å². The van der Waals surface area contributed by atoms with Crippen LogP contribution >= 0.6 is 0 Å². The second-order valence-corrected chi connectivity index (χ2v) is 4.78. The summed E-state index contributed by atoms with van der Waals surface area (Å²) in [5.74, 6) is 0.972. The molecule has 18 heavy (non-hydrogen) atoms. The summed E-state index contributed by atoms with van der Waals surface area (Å²) in [4.78, 5) is 2.33. The second kappa shape index (κ2) is 5.59. The molecule has 1 aromatic carbocycles. The van der Waals surface area contributed by atoms with Crippen LogP contribution in [0.25, 0.3) is 0 Å². The highest BCUT2D eigenvalue weighted by Gasteiger charge is 2.24. The Balaban J connectivity index is 2.15. The molecule has 1 N–H and O–H groups in total. The molecule has 1 saturated heterocycles. The van der Waals surface area contributed by atoms with E-state index in [9.17, 15) is 5.11 Å². The lowest BCUT2D eigenvalue weighted by atomic mass is 10.0. The van der Waals surface area contributed by atoms with Crippen molar-refractivity contribution >= 4 is 0 Å². The zero-order valence-corrected chi connectivity index (χ0v) is 11.2. The van der Waals surface area contributed by atoms with Crippen LogP contribution in [0.2, 0.25) is 0 Å². The molecule has 2 rings (SSSR count). The fraction of sp³-hybridized carbons (Fsp3) is 0.571. The molecule has 0 spiro atoms. The molecule has 1 heterocycles. The van der Waals surface area contributed by atoms with E-state index in [1.165, 1.54) is 0 Å². The monoisotopic (exact) mass is 251 g/mol. The number of methoxy groups -OCH3 is 1. The van der Waals surface area contributed by atoms with Crippen LogP contribution < -0.4 is 4.74 Å². The van der Waals surface area contributed by atoms with E-state index in [-0.39, 0.29) is 12.1 Å². The van der Waals surface area contributed by atoms with Crippen LogP contribution in [0.4, 0.5) is 0 Å². The first kappa shape index (κ1) is 13.2. The third kappa shape index (κ3) is 2.76. The van der Waals surface area contributed by atoms with E-state index in [0.29, 0.717) is 11.5 Å². The maximum Gasteiger partial charge on any atom is 0.124 e. The summed E-state index contributed by atoms with van der Waals surface area (Å²) in [5.41, 5.74) is 0.935. The van der Waals surface area contributed by atoms with Gasteiger partial charge in [0.05, 0.1) is 19.8 Å². The molecular formula is C14H21NO3. The van der Waals surface area contributed by atoms with Gasteiger partial charge in [-0.15, -0.1) is 0 Å². The first-order chi connectivity index (χ1) is 8.61. The van der Waals surface area contributed by atoms with Crippen LogP contribution in [0.1, 0.15) is 25.5 Å². The van der Waals surface area contributed by atoms with Crippen LogP contribution in [0.15, 0.2) is 18.2 Å². The van der Waals surface area contributed by atoms with Gasteiger partial charge in [0.15, 0.2) is 0 Å². The Morgan fingerprint density at radius 1 is 1.50 bits per heavy atom. The fourth-order valence-electron chi connectivity index (χ4n) is 2.40. The predicted octanol–water partition coefficient (Wildman–Crippen LogP) is 2.18. The first-order valence-electron chi connectivity index (χ1n) is 6.34. The van der Waals surface area contributed by atoms with Gasteiger partial charge in [0.2, 0.25) is 0 Å². The first-order valence-corrected chi connectivity index (χ1v) is 6.34. The van der Waals surface area contributed by atoms with Crippen LogP contribution in [0.5, 0.6) is 11.5 Å². The van der Waals surface area contributed by atoms with Gasteiger partial charge in [-0.2, -0.15) is 0 Å². The standard InChI is InChI=1S/C14H21NO3/c1-10-9-15(6-7-18-10)11(2)13-5-4-12(17-3)8-14(13)16/h4-5,8,10-11,16H,6-7,9H2,1-3H3. The zero-order valence-electron chi connectivity index (χ0n) is 11.2. The molecule has 1 fully saturated rings. The van der Waals surface area contributed by atoms with Crippen LogP contribution in [-0.4, -0.2) is 42.9 Å². The van der Waals surface area contributed by atoms with E-state index in [4.69, 9.17) is 9.47 Å². The van der Waals surface area contributed by atoms with E-state index in [2.05, 4.69) is 18.7 Å². The zero-order chi connectivity index (χ0) is 13.1. The average Bonchev–Trinajstić information content (AvgIpc) is 2.37. The lowest BCUT2D eigenvalue weighted by Crippen LogP contribution is -2.42. The Morgan fingerprint density at radius 2 is 2.28 bits per heavy atom. The van der Waals surface area contributed by atoms with Crippen molar-refractivity contribution in [3.63, 3.8) is 0 Å². The Morgan fingerprint density at radius 3 is 2.89 bits per heavy atom. The van der Waals surface area contributed by atoms with Gasteiger partial charge in [-0.1, -0.05) is 6.07 Å². The van der Waals surface area contributed by atoms with Gasteiger partial charge < -0.3 is 14.6 Å². The van der Waals surface area contributed by atoms with Crippen molar-refractivity contribution in [3.8, 4) is 11.5 Å². The van der Waals surface area contributed by atoms with E-state index in [0.717, 1.165) is 25.3 Å². The average molecular weight is 251 g/mol. The molecule has 1 aliphatic heterocycles. The minimum atomic E-state index is 0.183. The summed E-state index contributed by atoms with van der Waals surface area (Å²) in [6.07, 6.45) is 0.251. The number of aromatic hydroxyl groups is 1. The molecule has 4 nitrogen and oxygen atoms in total. The lowest BCUT2D eigenvalue weighted by Gasteiger charge is -2.36. The number of rotatable bonds is 3. The Hall–Kier alpha value is -1.26. The van der Waals surface area contributed by atoms with E-state index in [1.807, 2.05) is 12.1 Å². The van der Waals surface area contributed by atoms with Crippen molar-refractivity contribution in [3.05, 3.63) is 23.8 Å². The van der Waals surface area contributed by atoms with Crippen molar-refractivity contribution in [2.45, 2.75) is 26.0 Å². The summed E-state index contributed by atoms with van der Waals surface area (Å²) in [6, 6.07) is 5.66. The van der Waals surface area contributed by atoms with Crippen molar-refractivity contribution in [2.24, 2.45) is 0 Å². The Labute approximate surface area is 108 Å². The summed E-state index contributed by atoms with van der Waals surface area (Å²) < 4.78 is 10.6. The van der Waals surface area contributed by atoms with E-state index >= 15 is 0 Å². The number of benzene rings is 1. The van der Waals surface area contributed by atoms with Crippen LogP contribution in [0.3, 0.4) is 0 Å². The van der Waals surface area contributed by atoms with Crippen LogP contribution in [0, 0.1) is 0 Å². The number of ether oxygens (including phenoxy) is 2. The Bertz CT molecular complexity index is 408. The summed E-state index contributed by atoms with van der Waals surface area (Å²) >= 11 is 0. The van der Waals surface area contributed by atoms with Crippen molar-refractivity contribution in [1.29, 1.82) is 0 Å². The summed E-state index contributed by atoms with van der Waals surface area (Å²) in [6.45, 7) is 6.73. The van der Waals surface area contributed by atoms with Gasteiger partial charge in [-0.3, -0.25) is 4.90 Å². The highest BCUT2D eigenvalue weighted by Crippen LogP contribution is 2.32. The second-order valence-electron chi connectivity index (χ2n) is 4.78. The molecule has 1 aromatic rings. The highest BCUT2D eigenvalue weighted by molar-refractivity contribution is 5.41. The van der Waals surface area contributed by atoms with Crippen molar-refractivity contribution in [2.75, 3.05) is 26.8 Å². The molecular weight excluding hydrogens is 230 g/mol. The number of hydrogen-bond acceptors (Lipinski definition) is 4. The Kier molecular flexibility index (Phi) is 4.09. The van der Waals surface area contributed by atoms with Gasteiger partial charge in [-0.05, 0) is 19.9 Å². The minimum Gasteiger partial charge on any atom is -0.507 e. The number of nitrogens with zero attached hydrogens (tertiary/aromatic N) is 1. The number of morpholine rings is 1. The molecule has 0 bridgehead atoms. The van der Waals surface area contributed by atoms with Crippen molar-refractivity contribution in [1.82, 2.24) is 4.90 Å². The molecule has 1 aliphatic rings. The van der Waals surface area contributed by atoms with Gasteiger partial charge in [0.1, 0.15) is 11.5 Å². The molecule has 0 aromatic heterocycles. The van der Waals surface area contributed by atoms with E-state index < -0.39 is 0 Å². The maximum absolute atomic E-state index is 10.1. The van der Waals surface area contributed by atoms with Gasteiger partial charge >= 0.3 is 0 Å². The predicted molar refractivity (Wildman–Crippen MR) is 70.1 cm³/mol. The molecule has 2 atom stereocenters. The third-order valence-electron chi connectivity index (χ3n) is 3.51. The van der Waals surface area contributed by atoms with Crippen molar-refractivity contribution < 1.29 is 14.6 Å². The lowest BCUT2D eigenvalue weighted by molar-refractivity contribution is -0.0322. The molecule has 100 valence electrons. The number of hydrogen-bond donors (Lipinski definition) is 1. The van der Waals surface area contributed by atoms with E-state index in [1.54, 1.807) is 13.2 Å². The molecule has 0 saturated carbocycles. The summed E-state index contributed by atoms with van der Waals surface area (Å²) in [7, 11) is 1.60. The molecule has 2 unspecified atom stereocenters. The van der Waals surface area contributed by atoms with Gasteiger partial charge in [0.25, 0.3) is 0 Å². The highest BCUT2D eigenvalue weighted by atomic mass is 16.5. The minimum absolute atomic E-state index is 0.183. The largest absolute Gasteiger partial charge is 0.507 e. The SMILES string of the molecule is COc1ccc(C(C)N2CCOC(C)C2)c(O)c1. The molecule has 0 amide bonds. The van der Waals surface area contributed by atoms with Gasteiger partial charge in [0, 0.05) is 30.8 Å². The molecule has 0 aliphatic carbocycles.